The van der Waals surface area contributed by atoms with Crippen molar-refractivity contribution in [3.05, 3.63) is 0 Å². The van der Waals surface area contributed by atoms with E-state index in [1.165, 1.54) is 0 Å². The van der Waals surface area contributed by atoms with Crippen LogP contribution in [-0.4, -0.2) is 42.0 Å². The van der Waals surface area contributed by atoms with Gasteiger partial charge in [-0.3, -0.25) is 19.8 Å². The number of nitrogens with zero attached hydrogens (tertiary/aromatic N) is 1. The van der Waals surface area contributed by atoms with Crippen LogP contribution in [0.1, 0.15) is 52.4 Å². The lowest BCUT2D eigenvalue weighted by Gasteiger charge is -2.38. The topological polar surface area (TPSA) is 75.7 Å². The third kappa shape index (κ3) is 3.26. The number of hydrogen-bond acceptors (Lipinski definition) is 4. The Labute approximate surface area is 125 Å². The van der Waals surface area contributed by atoms with Gasteiger partial charge in [0, 0.05) is 0 Å². The first-order valence-corrected chi connectivity index (χ1v) is 7.76. The molecule has 118 valence electrons. The van der Waals surface area contributed by atoms with Crippen molar-refractivity contribution in [2.75, 3.05) is 13.2 Å². The molecule has 6 heteroatoms. The second-order valence-electron chi connectivity index (χ2n) is 6.13. The molecule has 4 amide bonds. The zero-order valence-corrected chi connectivity index (χ0v) is 12.8. The fourth-order valence-corrected chi connectivity index (χ4v) is 3.09. The van der Waals surface area contributed by atoms with Crippen molar-refractivity contribution >= 4 is 17.8 Å². The van der Waals surface area contributed by atoms with Crippen LogP contribution in [0.4, 0.5) is 4.79 Å². The Bertz CT molecular complexity index is 425. The summed E-state index contributed by atoms with van der Waals surface area (Å²) in [5, 5.41) is 2.36. The number of carbonyl (C=O) groups excluding carboxylic acids is 3. The minimum absolute atomic E-state index is 0.0430. The second-order valence-corrected chi connectivity index (χ2v) is 6.13. The molecule has 0 bridgehead atoms. The fourth-order valence-electron chi connectivity index (χ4n) is 3.09. The molecular formula is C15H24N2O4. The zero-order valence-electron chi connectivity index (χ0n) is 12.8. The standard InChI is InChI=1S/C15H24N2O4/c1-11(2)21-10-9-17-13(19)15(12(18)16-14(17)20)7-5-3-4-6-8-15/h11H,3-10H2,1-2H3,(H,16,18,20). The molecule has 0 radical (unpaired) electrons. The maximum Gasteiger partial charge on any atom is 0.330 e. The van der Waals surface area contributed by atoms with E-state index in [1.807, 2.05) is 13.8 Å². The van der Waals surface area contributed by atoms with E-state index in [9.17, 15) is 14.4 Å². The fraction of sp³-hybridized carbons (Fsp3) is 0.800. The van der Waals surface area contributed by atoms with Crippen LogP contribution >= 0.6 is 0 Å². The number of rotatable bonds is 4. The molecule has 0 aromatic carbocycles. The summed E-state index contributed by atoms with van der Waals surface area (Å²) in [7, 11) is 0. The molecule has 1 heterocycles. The van der Waals surface area contributed by atoms with E-state index < -0.39 is 17.4 Å². The molecule has 1 aliphatic carbocycles. The Morgan fingerprint density at radius 1 is 1.14 bits per heavy atom. The molecule has 1 saturated carbocycles. The lowest BCUT2D eigenvalue weighted by Crippen LogP contribution is -2.64. The van der Waals surface area contributed by atoms with Crippen LogP contribution in [0.5, 0.6) is 0 Å². The number of nitrogens with one attached hydrogen (secondary N) is 1. The second kappa shape index (κ2) is 6.56. The van der Waals surface area contributed by atoms with Crippen molar-refractivity contribution in [1.82, 2.24) is 10.2 Å². The Morgan fingerprint density at radius 2 is 1.76 bits per heavy atom. The van der Waals surface area contributed by atoms with E-state index in [4.69, 9.17) is 4.74 Å². The van der Waals surface area contributed by atoms with Gasteiger partial charge in [0.15, 0.2) is 0 Å². The quantitative estimate of drug-likeness (QED) is 0.803. The highest BCUT2D eigenvalue weighted by Gasteiger charge is 2.53. The van der Waals surface area contributed by atoms with Crippen LogP contribution in [-0.2, 0) is 14.3 Å². The molecule has 21 heavy (non-hydrogen) atoms. The monoisotopic (exact) mass is 296 g/mol. The van der Waals surface area contributed by atoms with Crippen LogP contribution in [0.25, 0.3) is 0 Å². The molecule has 1 aliphatic heterocycles. The maximum absolute atomic E-state index is 12.7. The predicted molar refractivity (Wildman–Crippen MR) is 76.5 cm³/mol. The summed E-state index contributed by atoms with van der Waals surface area (Å²) in [6.07, 6.45) is 4.88. The Kier molecular flexibility index (Phi) is 4.98. The molecule has 0 aromatic heterocycles. The average Bonchev–Trinajstić information content (AvgIpc) is 2.67. The summed E-state index contributed by atoms with van der Waals surface area (Å²) in [5.74, 6) is -0.758. The SMILES string of the molecule is CC(C)OCCN1C(=O)NC(=O)C2(CCCCCC2)C1=O. The highest BCUT2D eigenvalue weighted by Crippen LogP contribution is 2.38. The van der Waals surface area contributed by atoms with Gasteiger partial charge in [0.05, 0.1) is 19.3 Å². The third-order valence-corrected chi connectivity index (χ3v) is 4.28. The Hall–Kier alpha value is -1.43. The van der Waals surface area contributed by atoms with Crippen LogP contribution in [0.15, 0.2) is 0 Å². The van der Waals surface area contributed by atoms with E-state index in [1.54, 1.807) is 0 Å². The largest absolute Gasteiger partial charge is 0.377 e. The van der Waals surface area contributed by atoms with Crippen LogP contribution in [0.2, 0.25) is 0 Å². The number of hydrogen-bond donors (Lipinski definition) is 1. The van der Waals surface area contributed by atoms with Crippen molar-refractivity contribution in [2.24, 2.45) is 5.41 Å². The molecule has 2 aliphatic rings. The molecule has 2 fully saturated rings. The summed E-state index contributed by atoms with van der Waals surface area (Å²) >= 11 is 0. The molecule has 0 atom stereocenters. The smallest absolute Gasteiger partial charge is 0.330 e. The molecular weight excluding hydrogens is 272 g/mol. The average molecular weight is 296 g/mol. The van der Waals surface area contributed by atoms with Crippen LogP contribution in [0, 0.1) is 5.41 Å². The number of barbiturate groups is 1. The van der Waals surface area contributed by atoms with Gasteiger partial charge in [0.1, 0.15) is 5.41 Å². The zero-order chi connectivity index (χ0) is 15.5. The van der Waals surface area contributed by atoms with E-state index in [-0.39, 0.29) is 18.6 Å². The summed E-state index contributed by atoms with van der Waals surface area (Å²) < 4.78 is 5.41. The van der Waals surface area contributed by atoms with Gasteiger partial charge in [-0.2, -0.15) is 0 Å². The number of amides is 4. The summed E-state index contributed by atoms with van der Waals surface area (Å²) in [6.45, 7) is 4.28. The predicted octanol–water partition coefficient (Wildman–Crippen LogP) is 1.83. The maximum atomic E-state index is 12.7. The summed E-state index contributed by atoms with van der Waals surface area (Å²) in [5.41, 5.74) is -1.04. The minimum atomic E-state index is -1.04. The Balaban J connectivity index is 2.12. The van der Waals surface area contributed by atoms with Gasteiger partial charge >= 0.3 is 6.03 Å². The minimum Gasteiger partial charge on any atom is -0.377 e. The highest BCUT2D eigenvalue weighted by molar-refractivity contribution is 6.19. The van der Waals surface area contributed by atoms with Gasteiger partial charge in [-0.15, -0.1) is 0 Å². The number of imide groups is 2. The molecule has 1 saturated heterocycles. The molecule has 0 aromatic rings. The van der Waals surface area contributed by atoms with Crippen molar-refractivity contribution in [3.63, 3.8) is 0 Å². The van der Waals surface area contributed by atoms with Crippen molar-refractivity contribution in [2.45, 2.75) is 58.5 Å². The van der Waals surface area contributed by atoms with Crippen LogP contribution in [0.3, 0.4) is 0 Å². The first-order valence-electron chi connectivity index (χ1n) is 7.76. The summed E-state index contributed by atoms with van der Waals surface area (Å²) in [4.78, 5) is 38.1. The molecule has 2 rings (SSSR count). The van der Waals surface area contributed by atoms with E-state index in [2.05, 4.69) is 5.32 Å². The van der Waals surface area contributed by atoms with E-state index >= 15 is 0 Å². The molecule has 6 nitrogen and oxygen atoms in total. The van der Waals surface area contributed by atoms with Gasteiger partial charge < -0.3 is 4.74 Å². The third-order valence-electron chi connectivity index (χ3n) is 4.28. The molecule has 1 N–H and O–H groups in total. The lowest BCUT2D eigenvalue weighted by atomic mass is 9.77. The first kappa shape index (κ1) is 15.9. The number of ether oxygens (including phenoxy) is 1. The first-order chi connectivity index (χ1) is 9.97. The molecule has 0 unspecified atom stereocenters. The van der Waals surface area contributed by atoms with E-state index in [0.29, 0.717) is 19.4 Å². The normalized spacial score (nSPS) is 22.6. The molecule has 1 spiro atoms. The van der Waals surface area contributed by atoms with Crippen molar-refractivity contribution in [1.29, 1.82) is 0 Å². The lowest BCUT2D eigenvalue weighted by molar-refractivity contribution is -0.153. The van der Waals surface area contributed by atoms with Crippen molar-refractivity contribution < 1.29 is 19.1 Å². The van der Waals surface area contributed by atoms with Gasteiger partial charge in [0.25, 0.3) is 0 Å². The van der Waals surface area contributed by atoms with E-state index in [0.717, 1.165) is 30.6 Å². The van der Waals surface area contributed by atoms with Gasteiger partial charge in [0.2, 0.25) is 11.8 Å². The van der Waals surface area contributed by atoms with Crippen LogP contribution < -0.4 is 5.32 Å². The van der Waals surface area contributed by atoms with Crippen molar-refractivity contribution in [3.8, 4) is 0 Å². The highest BCUT2D eigenvalue weighted by atomic mass is 16.5. The Morgan fingerprint density at radius 3 is 2.33 bits per heavy atom. The number of urea groups is 1. The number of carbonyl (C=O) groups is 3. The van der Waals surface area contributed by atoms with Gasteiger partial charge in [-0.05, 0) is 26.7 Å². The van der Waals surface area contributed by atoms with Gasteiger partial charge in [-0.25, -0.2) is 4.79 Å². The summed E-state index contributed by atoms with van der Waals surface area (Å²) in [6, 6.07) is -0.618. The van der Waals surface area contributed by atoms with Gasteiger partial charge in [-0.1, -0.05) is 25.7 Å².